The minimum absolute atomic E-state index is 0.0467. The van der Waals surface area contributed by atoms with E-state index in [4.69, 9.17) is 11.1 Å². The topological polar surface area (TPSA) is 137 Å². The lowest BCUT2D eigenvalue weighted by Crippen LogP contribution is -2.52. The van der Waals surface area contributed by atoms with Gasteiger partial charge in [0.05, 0.1) is 6.04 Å². The van der Waals surface area contributed by atoms with Crippen molar-refractivity contribution in [3.63, 3.8) is 0 Å². The molecule has 1 aliphatic rings. The zero-order valence-corrected chi connectivity index (χ0v) is 17.0. The number of rotatable bonds is 10. The van der Waals surface area contributed by atoms with Crippen LogP contribution in [0.25, 0.3) is 0 Å². The van der Waals surface area contributed by atoms with Crippen molar-refractivity contribution in [2.75, 3.05) is 6.54 Å². The van der Waals surface area contributed by atoms with Crippen molar-refractivity contribution in [1.29, 1.82) is 5.41 Å². The molecular weight excluding hydrogens is 378 g/mol. The first-order chi connectivity index (χ1) is 13.4. The van der Waals surface area contributed by atoms with Crippen LogP contribution in [0.15, 0.2) is 11.4 Å². The fourth-order valence-electron chi connectivity index (χ4n) is 3.05. The minimum Gasteiger partial charge on any atom is -0.384 e. The summed E-state index contributed by atoms with van der Waals surface area (Å²) in [6, 6.07) is 0.519. The average Bonchev–Trinajstić information content (AvgIpc) is 3.33. The van der Waals surface area contributed by atoms with Gasteiger partial charge >= 0.3 is 0 Å². The van der Waals surface area contributed by atoms with E-state index >= 15 is 0 Å². The Morgan fingerprint density at radius 3 is 2.79 bits per heavy atom. The number of thiophene rings is 1. The molecule has 0 unspecified atom stereocenters. The molecule has 0 aromatic carbocycles. The normalized spacial score (nSPS) is 17.1. The van der Waals surface area contributed by atoms with Crippen LogP contribution < -0.4 is 21.7 Å². The van der Waals surface area contributed by atoms with Crippen molar-refractivity contribution in [1.82, 2.24) is 16.0 Å². The van der Waals surface area contributed by atoms with Gasteiger partial charge < -0.3 is 16.4 Å². The third-order valence-corrected chi connectivity index (χ3v) is 5.61. The van der Waals surface area contributed by atoms with Gasteiger partial charge in [-0.3, -0.25) is 25.1 Å². The summed E-state index contributed by atoms with van der Waals surface area (Å²) in [5.41, 5.74) is 6.07. The molecule has 6 N–H and O–H groups in total. The van der Waals surface area contributed by atoms with E-state index < -0.39 is 11.9 Å². The number of hydrogen-bond acceptors (Lipinski definition) is 6. The van der Waals surface area contributed by atoms with E-state index in [9.17, 15) is 14.4 Å². The summed E-state index contributed by atoms with van der Waals surface area (Å²) in [5, 5.41) is 17.5. The summed E-state index contributed by atoms with van der Waals surface area (Å²) < 4.78 is 0. The Balaban J connectivity index is 2.02. The maximum Gasteiger partial charge on any atom is 0.249 e. The second-order valence-electron chi connectivity index (χ2n) is 7.00. The Bertz CT molecular complexity index is 712. The van der Waals surface area contributed by atoms with Gasteiger partial charge in [0.15, 0.2) is 0 Å². The smallest absolute Gasteiger partial charge is 0.249 e. The summed E-state index contributed by atoms with van der Waals surface area (Å²) in [7, 11) is 0. The van der Waals surface area contributed by atoms with Crippen LogP contribution in [0, 0.1) is 5.41 Å². The SMILES string of the molecule is CCCCCC(=O)N[C@@H](Cc1cc(C(=N)N)cs1)C(=O)NC(=O)[C@@H]1CCCN1. The molecule has 2 rings (SSSR count). The van der Waals surface area contributed by atoms with Crippen molar-refractivity contribution in [2.45, 2.75) is 64.0 Å². The van der Waals surface area contributed by atoms with E-state index in [1.165, 1.54) is 11.3 Å². The summed E-state index contributed by atoms with van der Waals surface area (Å²) in [4.78, 5) is 38.0. The number of amides is 3. The van der Waals surface area contributed by atoms with Gasteiger partial charge in [-0.1, -0.05) is 19.8 Å². The Hall–Kier alpha value is -2.26. The number of carbonyl (C=O) groups is 3. The van der Waals surface area contributed by atoms with Gasteiger partial charge in [0.25, 0.3) is 0 Å². The number of hydrogen-bond donors (Lipinski definition) is 5. The van der Waals surface area contributed by atoms with Crippen LogP contribution in [-0.2, 0) is 20.8 Å². The van der Waals surface area contributed by atoms with Crippen molar-refractivity contribution in [3.05, 3.63) is 21.9 Å². The number of nitrogen functional groups attached to an aromatic ring is 1. The molecule has 0 saturated carbocycles. The van der Waals surface area contributed by atoms with Crippen LogP contribution >= 0.6 is 11.3 Å². The first kappa shape index (κ1) is 22.0. The summed E-state index contributed by atoms with van der Waals surface area (Å²) in [6.45, 7) is 2.81. The van der Waals surface area contributed by atoms with E-state index in [1.807, 2.05) is 0 Å². The molecule has 28 heavy (non-hydrogen) atoms. The highest BCUT2D eigenvalue weighted by molar-refractivity contribution is 7.10. The van der Waals surface area contributed by atoms with Crippen LogP contribution in [0.3, 0.4) is 0 Å². The lowest BCUT2D eigenvalue weighted by Gasteiger charge is -2.19. The number of amidine groups is 1. The fraction of sp³-hybridized carbons (Fsp3) is 0.579. The summed E-state index contributed by atoms with van der Waals surface area (Å²) >= 11 is 1.37. The van der Waals surface area contributed by atoms with E-state index in [2.05, 4.69) is 22.9 Å². The molecule has 2 atom stereocenters. The minimum atomic E-state index is -0.849. The molecule has 154 valence electrons. The number of carbonyl (C=O) groups excluding carboxylic acids is 3. The Kier molecular flexibility index (Phi) is 8.59. The van der Waals surface area contributed by atoms with Gasteiger partial charge in [-0.15, -0.1) is 11.3 Å². The molecule has 3 amide bonds. The number of imide groups is 1. The zero-order chi connectivity index (χ0) is 20.5. The molecule has 1 fully saturated rings. The van der Waals surface area contributed by atoms with Crippen LogP contribution in [-0.4, -0.2) is 42.2 Å². The number of unbranched alkanes of at least 4 members (excludes halogenated alkanes) is 2. The molecule has 0 radical (unpaired) electrons. The first-order valence-corrected chi connectivity index (χ1v) is 10.6. The molecule has 0 bridgehead atoms. The first-order valence-electron chi connectivity index (χ1n) is 9.70. The molecule has 9 heteroatoms. The van der Waals surface area contributed by atoms with Gasteiger partial charge in [-0.25, -0.2) is 0 Å². The van der Waals surface area contributed by atoms with Crippen molar-refractivity contribution in [3.8, 4) is 0 Å². The molecule has 1 aromatic heterocycles. The van der Waals surface area contributed by atoms with Crippen LogP contribution in [0.4, 0.5) is 0 Å². The zero-order valence-electron chi connectivity index (χ0n) is 16.2. The van der Waals surface area contributed by atoms with Crippen molar-refractivity contribution < 1.29 is 14.4 Å². The van der Waals surface area contributed by atoms with Gasteiger partial charge in [0, 0.05) is 28.7 Å². The molecule has 0 spiro atoms. The van der Waals surface area contributed by atoms with Crippen LogP contribution in [0.2, 0.25) is 0 Å². The second-order valence-corrected chi connectivity index (χ2v) is 7.99. The standard InChI is InChI=1S/C19H29N5O3S/c1-2-3-4-7-16(25)23-15(10-13-9-12(11-28-13)17(20)21)19(27)24-18(26)14-6-5-8-22-14/h9,11,14-15,22H,2-8,10H2,1H3,(H3,20,21)(H,23,25)(H,24,26,27)/t14-,15-/m0/s1. The number of nitrogens with two attached hydrogens (primary N) is 1. The van der Waals surface area contributed by atoms with E-state index in [-0.39, 0.29) is 30.1 Å². The molecule has 1 aromatic rings. The Labute approximate surface area is 169 Å². The fourth-order valence-corrected chi connectivity index (χ4v) is 3.98. The summed E-state index contributed by atoms with van der Waals surface area (Å²) in [6.07, 6.45) is 4.89. The largest absolute Gasteiger partial charge is 0.384 e. The van der Waals surface area contributed by atoms with Crippen molar-refractivity contribution >= 4 is 34.9 Å². The van der Waals surface area contributed by atoms with Crippen LogP contribution in [0.5, 0.6) is 0 Å². The predicted molar refractivity (Wildman–Crippen MR) is 109 cm³/mol. The van der Waals surface area contributed by atoms with E-state index in [0.717, 1.165) is 37.1 Å². The molecule has 2 heterocycles. The summed E-state index contributed by atoms with van der Waals surface area (Å²) in [5.74, 6) is -1.12. The molecule has 8 nitrogen and oxygen atoms in total. The highest BCUT2D eigenvalue weighted by Crippen LogP contribution is 2.17. The number of nitrogens with one attached hydrogen (secondary N) is 4. The monoisotopic (exact) mass is 407 g/mol. The lowest BCUT2D eigenvalue weighted by atomic mass is 10.1. The van der Waals surface area contributed by atoms with Gasteiger partial charge in [-0.2, -0.15) is 0 Å². The second kappa shape index (κ2) is 10.9. The lowest BCUT2D eigenvalue weighted by molar-refractivity contribution is -0.134. The highest BCUT2D eigenvalue weighted by atomic mass is 32.1. The van der Waals surface area contributed by atoms with E-state index in [0.29, 0.717) is 18.4 Å². The predicted octanol–water partition coefficient (Wildman–Crippen LogP) is 1.03. The quantitative estimate of drug-likeness (QED) is 0.224. The average molecular weight is 408 g/mol. The Morgan fingerprint density at radius 1 is 1.39 bits per heavy atom. The maximum atomic E-state index is 12.7. The third kappa shape index (κ3) is 6.72. The maximum absolute atomic E-state index is 12.7. The Morgan fingerprint density at radius 2 is 2.18 bits per heavy atom. The molecule has 1 aliphatic heterocycles. The molecular formula is C19H29N5O3S. The van der Waals surface area contributed by atoms with Crippen molar-refractivity contribution in [2.24, 2.45) is 5.73 Å². The third-order valence-electron chi connectivity index (χ3n) is 4.65. The van der Waals surface area contributed by atoms with E-state index in [1.54, 1.807) is 11.4 Å². The van der Waals surface area contributed by atoms with Crippen LogP contribution in [0.1, 0.15) is 55.9 Å². The van der Waals surface area contributed by atoms with Gasteiger partial charge in [-0.05, 0) is 31.9 Å². The molecule has 0 aliphatic carbocycles. The van der Waals surface area contributed by atoms with Gasteiger partial charge in [0.1, 0.15) is 11.9 Å². The molecule has 1 saturated heterocycles. The van der Waals surface area contributed by atoms with Gasteiger partial charge in [0.2, 0.25) is 17.7 Å². The highest BCUT2D eigenvalue weighted by Gasteiger charge is 2.28.